The lowest BCUT2D eigenvalue weighted by Crippen LogP contribution is -1.89. The van der Waals surface area contributed by atoms with Gasteiger partial charge in [0.15, 0.2) is 0 Å². The Morgan fingerprint density at radius 1 is 0.636 bits per heavy atom. The summed E-state index contributed by atoms with van der Waals surface area (Å²) in [5, 5.41) is 0. The van der Waals surface area contributed by atoms with Crippen LogP contribution in [0.1, 0.15) is 5.56 Å². The van der Waals surface area contributed by atoms with E-state index in [2.05, 4.69) is 55.5 Å². The maximum Gasteiger partial charge on any atom is 0.149 e. The molecule has 0 saturated heterocycles. The van der Waals surface area contributed by atoms with Crippen molar-refractivity contribution >= 4 is 45.2 Å². The van der Waals surface area contributed by atoms with Crippen LogP contribution in [0, 0.1) is 19.9 Å². The molecule has 0 aliphatic carbocycles. The van der Waals surface area contributed by atoms with Crippen molar-refractivity contribution in [2.75, 3.05) is 0 Å². The minimum absolute atomic E-state index is 0.138. The van der Waals surface area contributed by atoms with Crippen molar-refractivity contribution in [2.45, 2.75) is 6.92 Å². The lowest BCUT2D eigenvalue weighted by molar-refractivity contribution is 0.613. The van der Waals surface area contributed by atoms with E-state index in [-0.39, 0.29) is 5.82 Å². The highest BCUT2D eigenvalue weighted by atomic mass is 127. The fourth-order valence-electron chi connectivity index (χ4n) is 2.32. The zero-order valence-corrected chi connectivity index (χ0v) is 16.2. The summed E-state index contributed by atoms with van der Waals surface area (Å²) in [5.74, 6) is -0.138. The van der Waals surface area contributed by atoms with Gasteiger partial charge in [-0.25, -0.2) is 4.39 Å². The highest BCUT2D eigenvalue weighted by Gasteiger charge is 2.08. The van der Waals surface area contributed by atoms with E-state index in [0.717, 1.165) is 11.1 Å². The van der Waals surface area contributed by atoms with Gasteiger partial charge in [0.05, 0.1) is 7.14 Å². The molecule has 0 N–H and O–H groups in total. The fraction of sp³-hybridized carbons (Fsp3) is 0.0526. The Balaban J connectivity index is 1.96. The first-order valence-electron chi connectivity index (χ1n) is 6.86. The van der Waals surface area contributed by atoms with Crippen molar-refractivity contribution in [3.05, 3.63) is 79.2 Å². The van der Waals surface area contributed by atoms with Gasteiger partial charge in [0.2, 0.25) is 0 Å². The van der Waals surface area contributed by atoms with Crippen molar-refractivity contribution in [2.24, 2.45) is 0 Å². The topological polar surface area (TPSA) is 0 Å². The molecule has 0 aliphatic rings. The Labute approximate surface area is 157 Å². The van der Waals surface area contributed by atoms with Crippen LogP contribution in [0.15, 0.2) is 60.7 Å². The second-order valence-corrected chi connectivity index (χ2v) is 7.52. The van der Waals surface area contributed by atoms with Crippen LogP contribution in [0.2, 0.25) is 0 Å². The van der Waals surface area contributed by atoms with Gasteiger partial charge in [-0.1, -0.05) is 54.1 Å². The Bertz CT molecular complexity index is 783. The van der Waals surface area contributed by atoms with Crippen LogP contribution in [-0.2, 0) is 0 Å². The largest absolute Gasteiger partial charge is 0.205 e. The molecule has 3 rings (SSSR count). The molecule has 0 amide bonds. The molecule has 0 aromatic heterocycles. The van der Waals surface area contributed by atoms with Crippen LogP contribution in [0.5, 0.6) is 0 Å². The first-order chi connectivity index (χ1) is 10.5. The summed E-state index contributed by atoms with van der Waals surface area (Å²) in [6, 6.07) is 20.7. The standard InChI is InChI=1S/C19H13FI2/c1-12-2-4-13(5-3-12)14-6-8-15(9-7-14)16-10-17(21)19(20)18(22)11-16/h2-11H,1H3. The van der Waals surface area contributed by atoms with Crippen LogP contribution in [0.25, 0.3) is 22.3 Å². The van der Waals surface area contributed by atoms with E-state index < -0.39 is 0 Å². The van der Waals surface area contributed by atoms with Crippen molar-refractivity contribution in [1.82, 2.24) is 0 Å². The summed E-state index contributed by atoms with van der Waals surface area (Å²) >= 11 is 4.08. The van der Waals surface area contributed by atoms with Crippen LogP contribution in [0.4, 0.5) is 4.39 Å². The molecule has 0 atom stereocenters. The summed E-state index contributed by atoms with van der Waals surface area (Å²) in [6.45, 7) is 2.09. The minimum Gasteiger partial charge on any atom is -0.205 e. The van der Waals surface area contributed by atoms with E-state index in [1.54, 1.807) is 0 Å². The second-order valence-electron chi connectivity index (χ2n) is 5.20. The van der Waals surface area contributed by atoms with Gasteiger partial charge in [0.25, 0.3) is 0 Å². The number of aryl methyl sites for hydroxylation is 1. The zero-order chi connectivity index (χ0) is 15.7. The molecule has 0 aliphatic heterocycles. The first kappa shape index (κ1) is 15.9. The van der Waals surface area contributed by atoms with E-state index in [9.17, 15) is 4.39 Å². The predicted octanol–water partition coefficient (Wildman–Crippen LogP) is 6.68. The molecule has 3 aromatic rings. The van der Waals surface area contributed by atoms with Crippen LogP contribution in [0.3, 0.4) is 0 Å². The van der Waals surface area contributed by atoms with Crippen LogP contribution >= 0.6 is 45.2 Å². The van der Waals surface area contributed by atoms with Crippen LogP contribution in [-0.4, -0.2) is 0 Å². The average molecular weight is 514 g/mol. The molecule has 22 heavy (non-hydrogen) atoms. The quantitative estimate of drug-likeness (QED) is 0.265. The SMILES string of the molecule is Cc1ccc(-c2ccc(-c3cc(I)c(F)c(I)c3)cc2)cc1. The summed E-state index contributed by atoms with van der Waals surface area (Å²) < 4.78 is 15.0. The number of hydrogen-bond donors (Lipinski definition) is 0. The van der Waals surface area contributed by atoms with E-state index in [1.807, 2.05) is 57.3 Å². The summed E-state index contributed by atoms with van der Waals surface area (Å²) in [6.07, 6.45) is 0. The number of halogens is 3. The normalized spacial score (nSPS) is 10.7. The van der Waals surface area contributed by atoms with Gasteiger partial charge < -0.3 is 0 Å². The van der Waals surface area contributed by atoms with E-state index in [1.165, 1.54) is 16.7 Å². The van der Waals surface area contributed by atoms with Crippen molar-refractivity contribution in [1.29, 1.82) is 0 Å². The second kappa shape index (κ2) is 6.66. The molecule has 0 fully saturated rings. The molecule has 0 unspecified atom stereocenters. The zero-order valence-electron chi connectivity index (χ0n) is 11.9. The number of rotatable bonds is 2. The van der Waals surface area contributed by atoms with Crippen molar-refractivity contribution in [3.63, 3.8) is 0 Å². The predicted molar refractivity (Wildman–Crippen MR) is 107 cm³/mol. The van der Waals surface area contributed by atoms with Gasteiger partial charge >= 0.3 is 0 Å². The molecule has 0 saturated carbocycles. The monoisotopic (exact) mass is 514 g/mol. The molecule has 0 radical (unpaired) electrons. The van der Waals surface area contributed by atoms with Gasteiger partial charge in [0.1, 0.15) is 5.82 Å². The fourth-order valence-corrected chi connectivity index (χ4v) is 4.09. The van der Waals surface area contributed by atoms with Gasteiger partial charge in [-0.2, -0.15) is 0 Å². The molecule has 3 aromatic carbocycles. The van der Waals surface area contributed by atoms with Gasteiger partial charge in [-0.15, -0.1) is 0 Å². The molecule has 0 bridgehead atoms. The third kappa shape index (κ3) is 3.35. The molecular weight excluding hydrogens is 501 g/mol. The lowest BCUT2D eigenvalue weighted by atomic mass is 10.00. The Hall–Kier alpha value is -0.950. The van der Waals surface area contributed by atoms with Crippen LogP contribution < -0.4 is 0 Å². The molecule has 3 heteroatoms. The summed E-state index contributed by atoms with van der Waals surface area (Å²) in [4.78, 5) is 0. The van der Waals surface area contributed by atoms with Gasteiger partial charge in [-0.05, 0) is 86.5 Å². The average Bonchev–Trinajstić information content (AvgIpc) is 2.53. The van der Waals surface area contributed by atoms with E-state index >= 15 is 0 Å². The Morgan fingerprint density at radius 2 is 1.00 bits per heavy atom. The summed E-state index contributed by atoms with van der Waals surface area (Å²) in [5.41, 5.74) is 5.81. The Morgan fingerprint density at radius 3 is 1.45 bits per heavy atom. The molecule has 0 heterocycles. The maximum absolute atomic E-state index is 13.7. The molecule has 110 valence electrons. The molecule has 0 nitrogen and oxygen atoms in total. The van der Waals surface area contributed by atoms with Crippen molar-refractivity contribution in [3.8, 4) is 22.3 Å². The highest BCUT2D eigenvalue weighted by Crippen LogP contribution is 2.29. The molecular formula is C19H13FI2. The van der Waals surface area contributed by atoms with Crippen molar-refractivity contribution < 1.29 is 4.39 Å². The molecule has 0 spiro atoms. The van der Waals surface area contributed by atoms with E-state index in [0.29, 0.717) is 7.14 Å². The highest BCUT2D eigenvalue weighted by molar-refractivity contribution is 14.1. The third-order valence-corrected chi connectivity index (χ3v) is 5.16. The minimum atomic E-state index is -0.138. The number of benzene rings is 3. The summed E-state index contributed by atoms with van der Waals surface area (Å²) in [7, 11) is 0. The smallest absolute Gasteiger partial charge is 0.149 e. The number of hydrogen-bond acceptors (Lipinski definition) is 0. The van der Waals surface area contributed by atoms with Gasteiger partial charge in [-0.3, -0.25) is 0 Å². The lowest BCUT2D eigenvalue weighted by Gasteiger charge is -2.07. The van der Waals surface area contributed by atoms with Gasteiger partial charge in [0, 0.05) is 0 Å². The van der Waals surface area contributed by atoms with E-state index in [4.69, 9.17) is 0 Å². The maximum atomic E-state index is 13.7. The third-order valence-electron chi connectivity index (χ3n) is 3.59. The Kier molecular flexibility index (Phi) is 4.82. The first-order valence-corrected chi connectivity index (χ1v) is 9.02.